The van der Waals surface area contributed by atoms with Gasteiger partial charge in [-0.05, 0) is 29.8 Å². The second-order valence-corrected chi connectivity index (χ2v) is 5.58. The quantitative estimate of drug-likeness (QED) is 0.520. The SMILES string of the molecule is O=C(c1ccccc1Cl)c1ccc(CBr)cc1Br. The van der Waals surface area contributed by atoms with E-state index in [0.29, 0.717) is 16.1 Å². The van der Waals surface area contributed by atoms with Gasteiger partial charge in [-0.2, -0.15) is 0 Å². The molecule has 0 aliphatic rings. The molecule has 0 N–H and O–H groups in total. The lowest BCUT2D eigenvalue weighted by atomic mass is 10.0. The minimum absolute atomic E-state index is 0.0754. The number of carbonyl (C=O) groups excluding carboxylic acids is 1. The topological polar surface area (TPSA) is 17.1 Å². The number of hydrogen-bond acceptors (Lipinski definition) is 1. The van der Waals surface area contributed by atoms with Gasteiger partial charge < -0.3 is 0 Å². The molecular weight excluding hydrogens is 379 g/mol. The fourth-order valence-electron chi connectivity index (χ4n) is 1.62. The minimum atomic E-state index is -0.0754. The predicted octanol–water partition coefficient (Wildman–Crippen LogP) is 5.23. The van der Waals surface area contributed by atoms with Gasteiger partial charge in [-0.3, -0.25) is 4.79 Å². The largest absolute Gasteiger partial charge is 0.289 e. The Balaban J connectivity index is 2.44. The van der Waals surface area contributed by atoms with Crippen LogP contribution in [0.1, 0.15) is 21.5 Å². The molecule has 0 amide bonds. The molecule has 0 radical (unpaired) electrons. The molecule has 0 heterocycles. The molecule has 0 saturated heterocycles. The van der Waals surface area contributed by atoms with Crippen LogP contribution in [0.15, 0.2) is 46.9 Å². The van der Waals surface area contributed by atoms with Crippen LogP contribution in [0.4, 0.5) is 0 Å². The van der Waals surface area contributed by atoms with Crippen molar-refractivity contribution in [3.8, 4) is 0 Å². The molecule has 0 aliphatic heterocycles. The molecule has 4 heteroatoms. The van der Waals surface area contributed by atoms with Crippen LogP contribution in [0.2, 0.25) is 5.02 Å². The van der Waals surface area contributed by atoms with E-state index in [2.05, 4.69) is 31.9 Å². The summed E-state index contributed by atoms with van der Waals surface area (Å²) < 4.78 is 0.782. The molecule has 0 aromatic heterocycles. The zero-order chi connectivity index (χ0) is 13.1. The summed E-state index contributed by atoms with van der Waals surface area (Å²) in [6, 6.07) is 12.7. The van der Waals surface area contributed by atoms with Crippen molar-refractivity contribution in [3.63, 3.8) is 0 Å². The van der Waals surface area contributed by atoms with Gasteiger partial charge in [0.05, 0.1) is 5.02 Å². The van der Waals surface area contributed by atoms with Crippen LogP contribution >= 0.6 is 43.5 Å². The highest BCUT2D eigenvalue weighted by Gasteiger charge is 2.15. The summed E-state index contributed by atoms with van der Waals surface area (Å²) in [5, 5.41) is 1.23. The smallest absolute Gasteiger partial charge is 0.195 e. The Labute approximate surface area is 127 Å². The molecule has 2 rings (SSSR count). The van der Waals surface area contributed by atoms with Crippen LogP contribution < -0.4 is 0 Å². The summed E-state index contributed by atoms with van der Waals surface area (Å²) in [5.41, 5.74) is 2.25. The number of carbonyl (C=O) groups is 1. The van der Waals surface area contributed by atoms with Crippen molar-refractivity contribution in [3.05, 3.63) is 68.7 Å². The van der Waals surface area contributed by atoms with Gasteiger partial charge in [-0.15, -0.1) is 0 Å². The normalized spacial score (nSPS) is 10.4. The van der Waals surface area contributed by atoms with Crippen molar-refractivity contribution in [2.75, 3.05) is 0 Å². The Bertz CT molecular complexity index is 596. The summed E-state index contributed by atoms with van der Waals surface area (Å²) in [6.45, 7) is 0. The van der Waals surface area contributed by atoms with Crippen molar-refractivity contribution < 1.29 is 4.79 Å². The maximum Gasteiger partial charge on any atom is 0.195 e. The molecular formula is C14H9Br2ClO. The lowest BCUT2D eigenvalue weighted by Crippen LogP contribution is -2.03. The zero-order valence-electron chi connectivity index (χ0n) is 9.29. The van der Waals surface area contributed by atoms with Gasteiger partial charge in [0.15, 0.2) is 5.78 Å². The number of ketones is 1. The van der Waals surface area contributed by atoms with Crippen LogP contribution in [-0.2, 0) is 5.33 Å². The first kappa shape index (κ1) is 13.8. The van der Waals surface area contributed by atoms with Crippen molar-refractivity contribution in [2.45, 2.75) is 5.33 Å². The van der Waals surface area contributed by atoms with Gasteiger partial charge in [0.2, 0.25) is 0 Å². The van der Waals surface area contributed by atoms with E-state index in [1.807, 2.05) is 24.3 Å². The van der Waals surface area contributed by atoms with Gasteiger partial charge in [0.25, 0.3) is 0 Å². The molecule has 2 aromatic carbocycles. The van der Waals surface area contributed by atoms with Crippen molar-refractivity contribution in [1.82, 2.24) is 0 Å². The van der Waals surface area contributed by atoms with Gasteiger partial charge in [-0.1, -0.05) is 61.7 Å². The first-order valence-electron chi connectivity index (χ1n) is 5.27. The lowest BCUT2D eigenvalue weighted by Gasteiger charge is -2.07. The summed E-state index contributed by atoms with van der Waals surface area (Å²) in [6.07, 6.45) is 0. The first-order chi connectivity index (χ1) is 8.63. The van der Waals surface area contributed by atoms with E-state index >= 15 is 0 Å². The van der Waals surface area contributed by atoms with Crippen LogP contribution in [0, 0.1) is 0 Å². The monoisotopic (exact) mass is 386 g/mol. The molecule has 92 valence electrons. The molecule has 0 bridgehead atoms. The maximum absolute atomic E-state index is 12.4. The number of halogens is 3. The third-order valence-electron chi connectivity index (χ3n) is 2.55. The van der Waals surface area contributed by atoms with E-state index in [4.69, 9.17) is 11.6 Å². The molecule has 1 nitrogen and oxygen atoms in total. The summed E-state index contributed by atoms with van der Waals surface area (Å²) in [5.74, 6) is -0.0754. The van der Waals surface area contributed by atoms with Crippen molar-refractivity contribution in [2.24, 2.45) is 0 Å². The van der Waals surface area contributed by atoms with Crippen LogP contribution in [0.5, 0.6) is 0 Å². The highest BCUT2D eigenvalue weighted by atomic mass is 79.9. The average molecular weight is 388 g/mol. The standard InChI is InChI=1S/C14H9Br2ClO/c15-8-9-5-6-10(12(16)7-9)14(18)11-3-1-2-4-13(11)17/h1-7H,8H2. The second kappa shape index (κ2) is 6.00. The minimum Gasteiger partial charge on any atom is -0.289 e. The fourth-order valence-corrected chi connectivity index (χ4v) is 2.79. The van der Waals surface area contributed by atoms with Gasteiger partial charge in [-0.25, -0.2) is 0 Å². The van der Waals surface area contributed by atoms with Crippen molar-refractivity contribution >= 4 is 49.2 Å². The average Bonchev–Trinajstić information content (AvgIpc) is 2.38. The highest BCUT2D eigenvalue weighted by molar-refractivity contribution is 9.10. The Morgan fingerprint density at radius 2 is 1.83 bits per heavy atom. The van der Waals surface area contributed by atoms with E-state index in [9.17, 15) is 4.79 Å². The number of benzene rings is 2. The summed E-state index contributed by atoms with van der Waals surface area (Å²) in [7, 11) is 0. The first-order valence-corrected chi connectivity index (χ1v) is 7.56. The predicted molar refractivity (Wildman–Crippen MR) is 81.7 cm³/mol. The molecule has 0 atom stereocenters. The zero-order valence-corrected chi connectivity index (χ0v) is 13.2. The molecule has 0 aliphatic carbocycles. The van der Waals surface area contributed by atoms with E-state index < -0.39 is 0 Å². The number of rotatable bonds is 3. The molecule has 0 saturated carbocycles. The van der Waals surface area contributed by atoms with Gasteiger partial charge in [0, 0.05) is 20.9 Å². The van der Waals surface area contributed by atoms with Crippen LogP contribution in [-0.4, -0.2) is 5.78 Å². The van der Waals surface area contributed by atoms with Crippen molar-refractivity contribution in [1.29, 1.82) is 0 Å². The third-order valence-corrected chi connectivity index (χ3v) is 4.18. The Hall–Kier alpha value is -0.640. The van der Waals surface area contributed by atoms with E-state index in [1.165, 1.54) is 0 Å². The molecule has 0 unspecified atom stereocenters. The third kappa shape index (κ3) is 2.85. The van der Waals surface area contributed by atoms with Crippen LogP contribution in [0.25, 0.3) is 0 Å². The lowest BCUT2D eigenvalue weighted by molar-refractivity contribution is 0.103. The van der Waals surface area contributed by atoms with Crippen LogP contribution in [0.3, 0.4) is 0 Å². The molecule has 2 aromatic rings. The Morgan fingerprint density at radius 1 is 1.11 bits per heavy atom. The molecule has 0 fully saturated rings. The second-order valence-electron chi connectivity index (χ2n) is 3.76. The highest BCUT2D eigenvalue weighted by Crippen LogP contribution is 2.25. The van der Waals surface area contributed by atoms with E-state index in [0.717, 1.165) is 15.4 Å². The van der Waals surface area contributed by atoms with E-state index in [-0.39, 0.29) is 5.78 Å². The number of alkyl halides is 1. The number of hydrogen-bond donors (Lipinski definition) is 0. The van der Waals surface area contributed by atoms with E-state index in [1.54, 1.807) is 18.2 Å². The van der Waals surface area contributed by atoms with Gasteiger partial charge in [0.1, 0.15) is 0 Å². The van der Waals surface area contributed by atoms with Gasteiger partial charge >= 0.3 is 0 Å². The fraction of sp³-hybridized carbons (Fsp3) is 0.0714. The summed E-state index contributed by atoms with van der Waals surface area (Å²) >= 11 is 12.8. The Kier molecular flexibility index (Phi) is 4.60. The summed E-state index contributed by atoms with van der Waals surface area (Å²) in [4.78, 5) is 12.4. The maximum atomic E-state index is 12.4. The molecule has 18 heavy (non-hydrogen) atoms. The Morgan fingerprint density at radius 3 is 2.44 bits per heavy atom. The molecule has 0 spiro atoms.